The van der Waals surface area contributed by atoms with Crippen molar-refractivity contribution in [1.82, 2.24) is 44.7 Å². The molecule has 7 rings (SSSR count). The van der Waals surface area contributed by atoms with Crippen LogP contribution < -0.4 is 14.5 Å². The van der Waals surface area contributed by atoms with Gasteiger partial charge in [-0.1, -0.05) is 0 Å². The van der Waals surface area contributed by atoms with Gasteiger partial charge >= 0.3 is 0 Å². The lowest BCUT2D eigenvalue weighted by Gasteiger charge is -2.41. The lowest BCUT2D eigenvalue weighted by atomic mass is 10.1. The first kappa shape index (κ1) is 34.1. The summed E-state index contributed by atoms with van der Waals surface area (Å²) in [6.45, 7) is 12.2. The van der Waals surface area contributed by atoms with E-state index in [1.54, 1.807) is 22.1 Å². The summed E-state index contributed by atoms with van der Waals surface area (Å²) in [5.41, 5.74) is 5.01. The Kier molecular flexibility index (Phi) is 9.67. The zero-order chi connectivity index (χ0) is 35.6. The number of carbonyl (C=O) groups excluding carboxylic acids is 2. The van der Waals surface area contributed by atoms with E-state index in [1.165, 1.54) is 0 Å². The molecule has 14 heteroatoms. The molecule has 2 fully saturated rings. The number of amides is 2. The normalized spacial score (nSPS) is 18.2. The van der Waals surface area contributed by atoms with Gasteiger partial charge in [0, 0.05) is 74.9 Å². The second kappa shape index (κ2) is 14.5. The number of rotatable bonds is 10. The molecule has 1 aromatic carbocycles. The van der Waals surface area contributed by atoms with Crippen molar-refractivity contribution >= 4 is 34.4 Å². The fraction of sp³-hybridized carbons (Fsp3) is 0.432. The number of hydrogen-bond acceptors (Lipinski definition) is 10. The number of nitrogens with one attached hydrogen (secondary N) is 1. The molecule has 6 heterocycles. The quantitative estimate of drug-likeness (QED) is 0.228. The standard InChI is InChI=1S/C37H45N11O3/c1-6-47(31-13-12-30-35(40-31)34(42-41-30)27-9-14-32(38-19-27)51-24(2)3)37(50)28-15-16-45(21-28)22-33(49)48-18-17-46(20-25(48)4)29-10-7-26(8-11-29)36-39-23-44(5)43-36/h7-14,19,23-25,28H,6,15-18,20-22H2,1-5H3,(H,41,42)/t25-,28-/m1/s1. The molecule has 2 aliphatic rings. The molecule has 0 aliphatic carbocycles. The van der Waals surface area contributed by atoms with E-state index in [-0.39, 0.29) is 29.9 Å². The number of anilines is 2. The number of aryl methyl sites for hydroxylation is 1. The summed E-state index contributed by atoms with van der Waals surface area (Å²) in [5, 5.41) is 11.9. The maximum atomic E-state index is 13.9. The maximum Gasteiger partial charge on any atom is 0.237 e. The minimum absolute atomic E-state index is 0.0213. The van der Waals surface area contributed by atoms with Gasteiger partial charge in [0.25, 0.3) is 0 Å². The van der Waals surface area contributed by atoms with E-state index in [4.69, 9.17) is 9.72 Å². The highest BCUT2D eigenvalue weighted by atomic mass is 16.5. The van der Waals surface area contributed by atoms with E-state index >= 15 is 0 Å². The molecular formula is C37H45N11O3. The van der Waals surface area contributed by atoms with Crippen LogP contribution in [0.5, 0.6) is 5.88 Å². The average molecular weight is 692 g/mol. The van der Waals surface area contributed by atoms with Gasteiger partial charge in [0.15, 0.2) is 5.82 Å². The number of aromatic amines is 1. The van der Waals surface area contributed by atoms with Crippen molar-refractivity contribution < 1.29 is 14.3 Å². The van der Waals surface area contributed by atoms with Crippen LogP contribution in [0.15, 0.2) is 61.1 Å². The van der Waals surface area contributed by atoms with Crippen LogP contribution in [0.3, 0.4) is 0 Å². The molecule has 266 valence electrons. The molecule has 5 aromatic rings. The van der Waals surface area contributed by atoms with Crippen molar-refractivity contribution in [3.63, 3.8) is 0 Å². The number of ether oxygens (including phenoxy) is 1. The van der Waals surface area contributed by atoms with Crippen LogP contribution in [0.2, 0.25) is 0 Å². The van der Waals surface area contributed by atoms with E-state index in [2.05, 4.69) is 54.1 Å². The number of piperazine rings is 1. The number of pyridine rings is 2. The minimum Gasteiger partial charge on any atom is -0.475 e. The van der Waals surface area contributed by atoms with Crippen LogP contribution in [-0.2, 0) is 16.6 Å². The van der Waals surface area contributed by atoms with Crippen LogP contribution >= 0.6 is 0 Å². The van der Waals surface area contributed by atoms with Gasteiger partial charge in [-0.25, -0.2) is 15.0 Å². The van der Waals surface area contributed by atoms with Crippen LogP contribution in [0, 0.1) is 5.92 Å². The van der Waals surface area contributed by atoms with E-state index < -0.39 is 0 Å². The van der Waals surface area contributed by atoms with Crippen molar-refractivity contribution in [2.45, 2.75) is 46.3 Å². The zero-order valence-electron chi connectivity index (χ0n) is 29.9. The Morgan fingerprint density at radius 3 is 2.49 bits per heavy atom. The molecule has 2 saturated heterocycles. The molecule has 51 heavy (non-hydrogen) atoms. The third kappa shape index (κ3) is 7.27. The first-order valence-corrected chi connectivity index (χ1v) is 17.7. The third-order valence-electron chi connectivity index (χ3n) is 9.64. The third-order valence-corrected chi connectivity index (χ3v) is 9.64. The summed E-state index contributed by atoms with van der Waals surface area (Å²) >= 11 is 0. The highest BCUT2D eigenvalue weighted by Gasteiger charge is 2.35. The predicted octanol–water partition coefficient (Wildman–Crippen LogP) is 4.01. The second-order valence-electron chi connectivity index (χ2n) is 13.7. The van der Waals surface area contributed by atoms with Crippen molar-refractivity contribution in [3.8, 4) is 28.5 Å². The lowest BCUT2D eigenvalue weighted by Crippen LogP contribution is -2.56. The van der Waals surface area contributed by atoms with Gasteiger partial charge in [-0.2, -0.15) is 10.2 Å². The number of carbonyl (C=O) groups is 2. The Hall–Kier alpha value is -5.37. The van der Waals surface area contributed by atoms with E-state index in [0.29, 0.717) is 67.9 Å². The summed E-state index contributed by atoms with van der Waals surface area (Å²) in [7, 11) is 1.86. The summed E-state index contributed by atoms with van der Waals surface area (Å²) in [5.74, 6) is 1.75. The molecule has 0 spiro atoms. The maximum absolute atomic E-state index is 13.9. The molecule has 2 amide bonds. The van der Waals surface area contributed by atoms with Gasteiger partial charge in [-0.3, -0.25) is 29.2 Å². The largest absolute Gasteiger partial charge is 0.475 e. The number of likely N-dealkylation sites (tertiary alicyclic amines) is 1. The van der Waals surface area contributed by atoms with Crippen molar-refractivity contribution in [2.75, 3.05) is 55.6 Å². The summed E-state index contributed by atoms with van der Waals surface area (Å²) in [6, 6.07) is 15.8. The highest BCUT2D eigenvalue weighted by Crippen LogP contribution is 2.29. The van der Waals surface area contributed by atoms with Gasteiger partial charge in [-0.15, -0.1) is 0 Å². The van der Waals surface area contributed by atoms with Crippen molar-refractivity contribution in [1.29, 1.82) is 0 Å². The van der Waals surface area contributed by atoms with Crippen molar-refractivity contribution in [3.05, 3.63) is 61.1 Å². The first-order chi connectivity index (χ1) is 24.7. The topological polar surface area (TPSA) is 142 Å². The fourth-order valence-electron chi connectivity index (χ4n) is 7.04. The number of aromatic nitrogens is 7. The van der Waals surface area contributed by atoms with Gasteiger partial charge in [-0.05, 0) is 83.1 Å². The monoisotopic (exact) mass is 691 g/mol. The molecule has 0 unspecified atom stereocenters. The molecule has 0 bridgehead atoms. The summed E-state index contributed by atoms with van der Waals surface area (Å²) in [4.78, 5) is 49.2. The summed E-state index contributed by atoms with van der Waals surface area (Å²) in [6.07, 6.45) is 4.15. The molecule has 4 aromatic heterocycles. The molecule has 0 radical (unpaired) electrons. The van der Waals surface area contributed by atoms with E-state index in [0.717, 1.165) is 35.4 Å². The smallest absolute Gasteiger partial charge is 0.237 e. The van der Waals surface area contributed by atoms with Crippen LogP contribution in [0.1, 0.15) is 34.1 Å². The molecule has 0 saturated carbocycles. The minimum atomic E-state index is -0.213. The van der Waals surface area contributed by atoms with Gasteiger partial charge in [0.2, 0.25) is 17.7 Å². The number of nitrogens with zero attached hydrogens (tertiary/aromatic N) is 10. The van der Waals surface area contributed by atoms with Gasteiger partial charge in [0.05, 0.1) is 24.1 Å². The Morgan fingerprint density at radius 1 is 1.00 bits per heavy atom. The molecule has 2 atom stereocenters. The van der Waals surface area contributed by atoms with Crippen molar-refractivity contribution in [2.24, 2.45) is 13.0 Å². The van der Waals surface area contributed by atoms with E-state index in [9.17, 15) is 9.59 Å². The Labute approximate surface area is 297 Å². The highest BCUT2D eigenvalue weighted by molar-refractivity contribution is 5.97. The number of hydrogen-bond donors (Lipinski definition) is 1. The SMILES string of the molecule is CCN(C(=O)[C@@H]1CCN(CC(=O)N2CCN(c3ccc(-c4ncn(C)n4)cc3)C[C@H]2C)C1)c1ccc2[nH]nc(-c3ccc(OC(C)C)nc3)c2n1. The van der Waals surface area contributed by atoms with E-state index in [1.807, 2.05) is 69.1 Å². The first-order valence-electron chi connectivity index (χ1n) is 17.7. The summed E-state index contributed by atoms with van der Waals surface area (Å²) < 4.78 is 7.38. The Morgan fingerprint density at radius 2 is 1.80 bits per heavy atom. The molecule has 14 nitrogen and oxygen atoms in total. The number of H-pyrrole nitrogens is 1. The molecule has 1 N–H and O–H groups in total. The lowest BCUT2D eigenvalue weighted by molar-refractivity contribution is -0.134. The number of benzene rings is 1. The number of fused-ring (bicyclic) bond motifs is 1. The Balaban J connectivity index is 0.949. The zero-order valence-corrected chi connectivity index (χ0v) is 29.9. The van der Waals surface area contributed by atoms with Gasteiger partial charge < -0.3 is 14.5 Å². The molecule has 2 aliphatic heterocycles. The van der Waals surface area contributed by atoms with Crippen LogP contribution in [0.25, 0.3) is 33.7 Å². The van der Waals surface area contributed by atoms with Crippen LogP contribution in [0.4, 0.5) is 11.5 Å². The Bertz CT molecular complexity index is 1990. The second-order valence-corrected chi connectivity index (χ2v) is 13.7. The van der Waals surface area contributed by atoms with Gasteiger partial charge in [0.1, 0.15) is 23.4 Å². The fourth-order valence-corrected chi connectivity index (χ4v) is 7.04. The predicted molar refractivity (Wildman–Crippen MR) is 195 cm³/mol. The average Bonchev–Trinajstić information content (AvgIpc) is 3.89. The van der Waals surface area contributed by atoms with Crippen LogP contribution in [-0.4, -0.2) is 115 Å². The molecular weight excluding hydrogens is 646 g/mol.